The average Bonchev–Trinajstić information content (AvgIpc) is 3.22. The lowest BCUT2D eigenvalue weighted by Gasteiger charge is -2.08. The minimum Gasteiger partial charge on any atom is -0.423 e. The van der Waals surface area contributed by atoms with Crippen LogP contribution >= 0.6 is 11.3 Å². The number of aromatic nitrogens is 1. The Morgan fingerprint density at radius 1 is 0.938 bits per heavy atom. The highest BCUT2D eigenvalue weighted by atomic mass is 32.2. The monoisotopic (exact) mass is 464 g/mol. The first kappa shape index (κ1) is 21.7. The summed E-state index contributed by atoms with van der Waals surface area (Å²) < 4.78 is 36.6. The summed E-state index contributed by atoms with van der Waals surface area (Å²) in [6.45, 7) is 2.48. The van der Waals surface area contributed by atoms with E-state index >= 15 is 0 Å². The van der Waals surface area contributed by atoms with Crippen molar-refractivity contribution in [3.63, 3.8) is 0 Å². The van der Waals surface area contributed by atoms with E-state index in [4.69, 9.17) is 4.74 Å². The van der Waals surface area contributed by atoms with Crippen molar-refractivity contribution in [3.8, 4) is 17.0 Å². The maximum atomic E-state index is 12.7. The molecule has 6 nitrogen and oxygen atoms in total. The second-order valence-corrected chi connectivity index (χ2v) is 9.25. The number of carbonyl (C=O) groups excluding carboxylic acids is 1. The first-order valence-corrected chi connectivity index (χ1v) is 12.2. The van der Waals surface area contributed by atoms with E-state index in [0.717, 1.165) is 11.3 Å². The molecule has 3 aromatic carbocycles. The van der Waals surface area contributed by atoms with Gasteiger partial charge in [-0.05, 0) is 61.0 Å². The van der Waals surface area contributed by atoms with Crippen LogP contribution in [0.3, 0.4) is 0 Å². The fraction of sp³-hybridized carbons (Fsp3) is 0.0833. The van der Waals surface area contributed by atoms with Crippen LogP contribution < -0.4 is 9.54 Å². The summed E-state index contributed by atoms with van der Waals surface area (Å²) in [5.74, 6) is 0.00200. The Kier molecular flexibility index (Phi) is 6.34. The zero-order valence-electron chi connectivity index (χ0n) is 17.2. The molecule has 0 fully saturated rings. The number of carbonyl (C=O) groups is 1. The molecule has 0 atom stereocenters. The van der Waals surface area contributed by atoms with Crippen LogP contribution in [0.5, 0.6) is 5.75 Å². The highest BCUT2D eigenvalue weighted by molar-refractivity contribution is 7.90. The number of esters is 1. The number of thiazole rings is 1. The molecule has 1 aromatic heterocycles. The van der Waals surface area contributed by atoms with E-state index in [0.29, 0.717) is 22.7 Å². The molecule has 0 unspecified atom stereocenters. The standard InChI is InChI=1S/C24H20N2O4S2/c1-2-26-22(17-31-24(26)25-32(28,29)21-11-7-4-8-12-21)18-13-15-20(16-14-18)30-23(27)19-9-5-3-6-10-19/h3-17H,2H2,1H3/b25-24-. The SMILES string of the molecule is CCn1c(-c2ccc(OC(=O)c3ccccc3)cc2)cs/c1=N\S(=O)(=O)c1ccccc1. The van der Waals surface area contributed by atoms with Crippen LogP contribution in [-0.2, 0) is 16.6 Å². The number of sulfonamides is 1. The first-order valence-electron chi connectivity index (χ1n) is 9.90. The Balaban J connectivity index is 1.61. The van der Waals surface area contributed by atoms with Gasteiger partial charge in [0.15, 0.2) is 0 Å². The molecule has 0 aliphatic rings. The van der Waals surface area contributed by atoms with Crippen LogP contribution in [-0.4, -0.2) is 19.0 Å². The van der Waals surface area contributed by atoms with Gasteiger partial charge in [0.25, 0.3) is 10.0 Å². The van der Waals surface area contributed by atoms with Gasteiger partial charge in [0.2, 0.25) is 4.80 Å². The van der Waals surface area contributed by atoms with Gasteiger partial charge in [-0.2, -0.15) is 8.42 Å². The zero-order valence-corrected chi connectivity index (χ0v) is 18.8. The van der Waals surface area contributed by atoms with Crippen LogP contribution in [0.1, 0.15) is 17.3 Å². The normalized spacial score (nSPS) is 12.0. The maximum absolute atomic E-state index is 12.7. The maximum Gasteiger partial charge on any atom is 0.343 e. The summed E-state index contributed by atoms with van der Waals surface area (Å²) in [6, 6.07) is 24.0. The second-order valence-electron chi connectivity index (χ2n) is 6.81. The fourth-order valence-corrected chi connectivity index (χ4v) is 5.33. The largest absolute Gasteiger partial charge is 0.423 e. The highest BCUT2D eigenvalue weighted by Crippen LogP contribution is 2.24. The van der Waals surface area contributed by atoms with Crippen LogP contribution in [0.4, 0.5) is 0 Å². The van der Waals surface area contributed by atoms with E-state index in [-0.39, 0.29) is 4.90 Å². The van der Waals surface area contributed by atoms with E-state index < -0.39 is 16.0 Å². The third kappa shape index (κ3) is 4.71. The molecule has 0 N–H and O–H groups in total. The number of rotatable bonds is 6. The van der Waals surface area contributed by atoms with Gasteiger partial charge < -0.3 is 9.30 Å². The van der Waals surface area contributed by atoms with Gasteiger partial charge in [-0.1, -0.05) is 36.4 Å². The van der Waals surface area contributed by atoms with E-state index in [1.165, 1.54) is 23.5 Å². The summed E-state index contributed by atoms with van der Waals surface area (Å²) in [7, 11) is -3.80. The van der Waals surface area contributed by atoms with Crippen LogP contribution in [0.25, 0.3) is 11.3 Å². The molecule has 0 spiro atoms. The predicted molar refractivity (Wildman–Crippen MR) is 124 cm³/mol. The third-order valence-corrected chi connectivity index (χ3v) is 6.98. The third-order valence-electron chi connectivity index (χ3n) is 4.72. The number of hydrogen-bond donors (Lipinski definition) is 0. The minimum absolute atomic E-state index is 0.155. The molecule has 162 valence electrons. The van der Waals surface area contributed by atoms with Gasteiger partial charge in [0.1, 0.15) is 5.75 Å². The lowest BCUT2D eigenvalue weighted by atomic mass is 10.1. The minimum atomic E-state index is -3.80. The van der Waals surface area contributed by atoms with E-state index in [1.54, 1.807) is 54.6 Å². The molecule has 32 heavy (non-hydrogen) atoms. The van der Waals surface area contributed by atoms with E-state index in [2.05, 4.69) is 4.40 Å². The topological polar surface area (TPSA) is 77.7 Å². The zero-order chi connectivity index (χ0) is 22.6. The Bertz CT molecular complexity index is 1390. The lowest BCUT2D eigenvalue weighted by Crippen LogP contribution is -2.17. The van der Waals surface area contributed by atoms with Crippen molar-refractivity contribution in [2.75, 3.05) is 0 Å². The smallest absolute Gasteiger partial charge is 0.343 e. The Morgan fingerprint density at radius 2 is 1.56 bits per heavy atom. The van der Waals surface area contributed by atoms with Crippen molar-refractivity contribution < 1.29 is 17.9 Å². The molecule has 4 rings (SSSR count). The summed E-state index contributed by atoms with van der Waals surface area (Å²) in [5, 5.41) is 1.87. The molecule has 4 aromatic rings. The predicted octanol–water partition coefficient (Wildman–Crippen LogP) is 4.75. The van der Waals surface area contributed by atoms with Gasteiger partial charge >= 0.3 is 5.97 Å². The molecule has 0 aliphatic carbocycles. The van der Waals surface area contributed by atoms with Crippen molar-refractivity contribution in [2.24, 2.45) is 4.40 Å². The summed E-state index contributed by atoms with van der Waals surface area (Å²) in [6.07, 6.45) is 0. The van der Waals surface area contributed by atoms with Gasteiger partial charge in [-0.25, -0.2) is 4.79 Å². The second kappa shape index (κ2) is 9.33. The van der Waals surface area contributed by atoms with Gasteiger partial charge in [0.05, 0.1) is 16.2 Å². The molecule has 0 bridgehead atoms. The quantitative estimate of drug-likeness (QED) is 0.305. The number of ether oxygens (including phenoxy) is 1. The van der Waals surface area contributed by atoms with Crippen molar-refractivity contribution in [2.45, 2.75) is 18.4 Å². The molecule has 8 heteroatoms. The van der Waals surface area contributed by atoms with Gasteiger partial charge in [-0.3, -0.25) is 0 Å². The van der Waals surface area contributed by atoms with Crippen LogP contribution in [0.15, 0.2) is 99.6 Å². The Morgan fingerprint density at radius 3 is 2.19 bits per heavy atom. The summed E-state index contributed by atoms with van der Waals surface area (Å²) >= 11 is 1.26. The van der Waals surface area contributed by atoms with Crippen LogP contribution in [0.2, 0.25) is 0 Å². The number of nitrogens with zero attached hydrogens (tertiary/aromatic N) is 2. The molecular formula is C24H20N2O4S2. The molecule has 0 amide bonds. The molecule has 0 radical (unpaired) electrons. The van der Waals surface area contributed by atoms with Crippen molar-refractivity contribution in [3.05, 3.63) is 101 Å². The Labute approximate surface area is 190 Å². The van der Waals surface area contributed by atoms with Gasteiger partial charge in [-0.15, -0.1) is 15.7 Å². The van der Waals surface area contributed by atoms with Crippen molar-refractivity contribution in [1.82, 2.24) is 4.57 Å². The number of hydrogen-bond acceptors (Lipinski definition) is 5. The van der Waals surface area contributed by atoms with Crippen molar-refractivity contribution in [1.29, 1.82) is 0 Å². The summed E-state index contributed by atoms with van der Waals surface area (Å²) in [4.78, 5) is 12.8. The van der Waals surface area contributed by atoms with E-state index in [9.17, 15) is 13.2 Å². The Hall–Kier alpha value is -3.49. The number of benzene rings is 3. The average molecular weight is 465 g/mol. The highest BCUT2D eigenvalue weighted by Gasteiger charge is 2.14. The van der Waals surface area contributed by atoms with Crippen LogP contribution in [0, 0.1) is 0 Å². The van der Waals surface area contributed by atoms with Gasteiger partial charge in [0, 0.05) is 11.9 Å². The first-order chi connectivity index (χ1) is 15.5. The van der Waals surface area contributed by atoms with Crippen molar-refractivity contribution >= 4 is 27.3 Å². The molecule has 0 saturated carbocycles. The molecular weight excluding hydrogens is 444 g/mol. The lowest BCUT2D eigenvalue weighted by molar-refractivity contribution is 0.0734. The summed E-state index contributed by atoms with van der Waals surface area (Å²) in [5.41, 5.74) is 2.17. The fourth-order valence-electron chi connectivity index (χ4n) is 3.12. The molecule has 0 aliphatic heterocycles. The molecule has 0 saturated heterocycles. The molecule has 1 heterocycles. The van der Waals surface area contributed by atoms with E-state index in [1.807, 2.05) is 35.1 Å².